The minimum Gasteiger partial charge on any atom is -0.463 e. The molecule has 0 aromatic rings. The van der Waals surface area contributed by atoms with Gasteiger partial charge < -0.3 is 18.9 Å². The second-order valence-corrected chi connectivity index (χ2v) is 11.7. The summed E-state index contributed by atoms with van der Waals surface area (Å²) in [4.78, 5) is 33.6. The zero-order chi connectivity index (χ0) is 32.4. The van der Waals surface area contributed by atoms with E-state index in [1.54, 1.807) is 0 Å². The summed E-state index contributed by atoms with van der Waals surface area (Å²) in [7, 11) is 0. The van der Waals surface area contributed by atoms with Crippen LogP contribution < -0.4 is 0 Å². The highest BCUT2D eigenvalue weighted by atomic mass is 16.6. The number of hydrogen-bond donors (Lipinski definition) is 0. The molecule has 254 valence electrons. The fraction of sp³-hybridized carbons (Fsp3) is 0.757. The third kappa shape index (κ3) is 31.0. The fourth-order valence-electron chi connectivity index (χ4n) is 5.03. The highest BCUT2D eigenvalue weighted by Gasteiger charge is 2.15. The Hall–Kier alpha value is -2.41. The van der Waals surface area contributed by atoms with Gasteiger partial charge >= 0.3 is 17.9 Å². The Morgan fingerprint density at radius 2 is 0.727 bits per heavy atom. The predicted molar refractivity (Wildman–Crippen MR) is 179 cm³/mol. The van der Waals surface area contributed by atoms with E-state index in [0.717, 1.165) is 37.8 Å². The largest absolute Gasteiger partial charge is 0.463 e. The maximum Gasteiger partial charge on any atom is 0.330 e. The quantitative estimate of drug-likeness (QED) is 0.0306. The van der Waals surface area contributed by atoms with Crippen LogP contribution in [0.4, 0.5) is 0 Å². The Morgan fingerprint density at radius 3 is 1.09 bits per heavy atom. The van der Waals surface area contributed by atoms with E-state index in [9.17, 15) is 14.4 Å². The van der Waals surface area contributed by atoms with E-state index in [1.807, 2.05) is 0 Å². The second-order valence-electron chi connectivity index (χ2n) is 11.7. The fourth-order valence-corrected chi connectivity index (χ4v) is 5.03. The molecule has 0 heterocycles. The monoisotopic (exact) mass is 620 g/mol. The molecule has 0 N–H and O–H groups in total. The van der Waals surface area contributed by atoms with Crippen molar-refractivity contribution in [2.45, 2.75) is 154 Å². The van der Waals surface area contributed by atoms with Crippen molar-refractivity contribution in [1.82, 2.24) is 0 Å². The van der Waals surface area contributed by atoms with E-state index < -0.39 is 18.0 Å². The molecule has 0 aliphatic rings. The number of unbranched alkanes of at least 4 members (excludes halogenated alkanes) is 22. The first-order valence-corrected chi connectivity index (χ1v) is 17.5. The van der Waals surface area contributed by atoms with Crippen molar-refractivity contribution in [3.8, 4) is 0 Å². The number of rotatable bonds is 34. The first-order valence-electron chi connectivity index (χ1n) is 17.5. The molecule has 0 saturated heterocycles. The maximum atomic E-state index is 11.4. The molecule has 0 rings (SSSR count). The Labute approximate surface area is 269 Å². The molecule has 0 radical (unpaired) electrons. The molecular weight excluding hydrogens is 556 g/mol. The van der Waals surface area contributed by atoms with Crippen LogP contribution in [0.25, 0.3) is 0 Å². The van der Waals surface area contributed by atoms with Gasteiger partial charge in [0.05, 0.1) is 13.2 Å². The third-order valence-electron chi connectivity index (χ3n) is 7.68. The molecule has 0 bridgehead atoms. The standard InChI is InChI=1S/C37H64O7/c1-4-35(38)42-31-29-27-25-23-21-19-17-15-13-11-9-7-8-10-12-14-16-18-20-22-24-26-28-30-41-32-34(44-37(40)6-3)33-43-36(39)5-2/h4-6,34H,1-3,7-33H2. The van der Waals surface area contributed by atoms with Crippen molar-refractivity contribution in [3.63, 3.8) is 0 Å². The van der Waals surface area contributed by atoms with Gasteiger partial charge in [-0.25, -0.2) is 14.4 Å². The topological polar surface area (TPSA) is 88.1 Å². The summed E-state index contributed by atoms with van der Waals surface area (Å²) in [5.41, 5.74) is 0. The van der Waals surface area contributed by atoms with Crippen molar-refractivity contribution >= 4 is 17.9 Å². The number of ether oxygens (including phenoxy) is 4. The van der Waals surface area contributed by atoms with Gasteiger partial charge in [-0.15, -0.1) is 0 Å². The van der Waals surface area contributed by atoms with Crippen molar-refractivity contribution in [2.75, 3.05) is 26.4 Å². The Morgan fingerprint density at radius 1 is 0.409 bits per heavy atom. The molecule has 44 heavy (non-hydrogen) atoms. The van der Waals surface area contributed by atoms with Crippen LogP contribution in [0, 0.1) is 0 Å². The summed E-state index contributed by atoms with van der Waals surface area (Å²) in [5.74, 6) is -1.44. The van der Waals surface area contributed by atoms with Crippen molar-refractivity contribution in [1.29, 1.82) is 0 Å². The van der Waals surface area contributed by atoms with Gasteiger partial charge in [0, 0.05) is 24.8 Å². The van der Waals surface area contributed by atoms with Crippen LogP contribution in [0.2, 0.25) is 0 Å². The molecule has 7 heteroatoms. The van der Waals surface area contributed by atoms with Gasteiger partial charge in [-0.1, -0.05) is 155 Å². The third-order valence-corrected chi connectivity index (χ3v) is 7.68. The summed E-state index contributed by atoms with van der Waals surface area (Å²) >= 11 is 0. The first kappa shape index (κ1) is 41.6. The van der Waals surface area contributed by atoms with Crippen LogP contribution in [0.15, 0.2) is 38.0 Å². The Balaban J connectivity index is 3.31. The Bertz CT molecular complexity index is 733. The van der Waals surface area contributed by atoms with Gasteiger partial charge in [0.1, 0.15) is 6.61 Å². The maximum absolute atomic E-state index is 11.4. The van der Waals surface area contributed by atoms with Crippen LogP contribution in [-0.4, -0.2) is 50.4 Å². The average Bonchev–Trinajstić information content (AvgIpc) is 3.04. The average molecular weight is 621 g/mol. The van der Waals surface area contributed by atoms with Crippen LogP contribution in [0.5, 0.6) is 0 Å². The van der Waals surface area contributed by atoms with Gasteiger partial charge in [0.15, 0.2) is 6.10 Å². The van der Waals surface area contributed by atoms with Crippen molar-refractivity contribution in [2.24, 2.45) is 0 Å². The number of carbonyl (C=O) groups is 3. The molecule has 0 aliphatic heterocycles. The van der Waals surface area contributed by atoms with E-state index in [0.29, 0.717) is 13.2 Å². The predicted octanol–water partition coefficient (Wildman–Crippen LogP) is 9.53. The molecule has 0 aromatic heterocycles. The van der Waals surface area contributed by atoms with E-state index >= 15 is 0 Å². The zero-order valence-electron chi connectivity index (χ0n) is 27.9. The van der Waals surface area contributed by atoms with E-state index in [1.165, 1.54) is 128 Å². The lowest BCUT2D eigenvalue weighted by Crippen LogP contribution is -2.29. The SMILES string of the molecule is C=CC(=O)OCCCCCCCCCCCCCCCCCCCCCCCCCOCC(COC(=O)C=C)OC(=O)C=C. The van der Waals surface area contributed by atoms with E-state index in [4.69, 9.17) is 18.9 Å². The molecule has 7 nitrogen and oxygen atoms in total. The summed E-state index contributed by atoms with van der Waals surface area (Å²) in [5, 5.41) is 0. The van der Waals surface area contributed by atoms with Gasteiger partial charge in [-0.05, 0) is 12.8 Å². The number of hydrogen-bond acceptors (Lipinski definition) is 7. The summed E-state index contributed by atoms with van der Waals surface area (Å²) < 4.78 is 20.7. The number of carbonyl (C=O) groups excluding carboxylic acids is 3. The lowest BCUT2D eigenvalue weighted by atomic mass is 10.0. The van der Waals surface area contributed by atoms with Gasteiger partial charge in [-0.2, -0.15) is 0 Å². The van der Waals surface area contributed by atoms with E-state index in [-0.39, 0.29) is 19.2 Å². The zero-order valence-corrected chi connectivity index (χ0v) is 27.9. The number of esters is 3. The van der Waals surface area contributed by atoms with Gasteiger partial charge in [0.2, 0.25) is 0 Å². The second kappa shape index (κ2) is 33.5. The lowest BCUT2D eigenvalue weighted by Gasteiger charge is -2.17. The highest BCUT2D eigenvalue weighted by Crippen LogP contribution is 2.15. The van der Waals surface area contributed by atoms with E-state index in [2.05, 4.69) is 19.7 Å². The van der Waals surface area contributed by atoms with Crippen molar-refractivity contribution < 1.29 is 33.3 Å². The molecule has 0 spiro atoms. The first-order chi connectivity index (χ1) is 21.5. The molecule has 1 atom stereocenters. The molecule has 0 amide bonds. The van der Waals surface area contributed by atoms with Crippen LogP contribution in [0.3, 0.4) is 0 Å². The summed E-state index contributed by atoms with van der Waals surface area (Å²) in [6, 6.07) is 0. The summed E-state index contributed by atoms with van der Waals surface area (Å²) in [6.07, 6.45) is 32.5. The summed E-state index contributed by atoms with van der Waals surface area (Å²) in [6.45, 7) is 11.4. The molecule has 0 aromatic carbocycles. The van der Waals surface area contributed by atoms with Crippen LogP contribution in [0.1, 0.15) is 148 Å². The molecule has 0 fully saturated rings. The molecule has 0 aliphatic carbocycles. The van der Waals surface area contributed by atoms with Crippen LogP contribution in [-0.2, 0) is 33.3 Å². The normalized spacial score (nSPS) is 11.5. The molecule has 1 unspecified atom stereocenters. The van der Waals surface area contributed by atoms with Gasteiger partial charge in [0.25, 0.3) is 0 Å². The van der Waals surface area contributed by atoms with Crippen molar-refractivity contribution in [3.05, 3.63) is 38.0 Å². The minimum atomic E-state index is -0.646. The minimum absolute atomic E-state index is 0.0608. The Kier molecular flexibility index (Phi) is 31.6. The highest BCUT2D eigenvalue weighted by molar-refractivity contribution is 5.82. The van der Waals surface area contributed by atoms with Crippen LogP contribution >= 0.6 is 0 Å². The smallest absolute Gasteiger partial charge is 0.330 e. The molecular formula is C37H64O7. The molecule has 0 saturated carbocycles. The van der Waals surface area contributed by atoms with Gasteiger partial charge in [-0.3, -0.25) is 0 Å². The lowest BCUT2D eigenvalue weighted by molar-refractivity contribution is -0.156.